The molecule has 5 heteroatoms. The molecule has 0 radical (unpaired) electrons. The molecule has 1 aromatic heterocycles. The van der Waals surface area contributed by atoms with Gasteiger partial charge in [0.15, 0.2) is 0 Å². The van der Waals surface area contributed by atoms with E-state index in [1.807, 2.05) is 24.3 Å². The van der Waals surface area contributed by atoms with E-state index in [1.54, 1.807) is 11.0 Å². The number of para-hydroxylation sites is 2. The van der Waals surface area contributed by atoms with Gasteiger partial charge in [-0.3, -0.25) is 4.79 Å². The Morgan fingerprint density at radius 3 is 2.95 bits per heavy atom. The Morgan fingerprint density at radius 2 is 2.20 bits per heavy atom. The molecule has 2 aromatic rings. The lowest BCUT2D eigenvalue weighted by atomic mass is 9.93. The first kappa shape index (κ1) is 12.6. The normalized spacial score (nSPS) is 17.9. The smallest absolute Gasteiger partial charge is 0.227 e. The first-order valence-corrected chi connectivity index (χ1v) is 6.74. The molecule has 102 valence electrons. The van der Waals surface area contributed by atoms with E-state index < -0.39 is 0 Å². The van der Waals surface area contributed by atoms with Crippen molar-refractivity contribution in [1.29, 1.82) is 0 Å². The summed E-state index contributed by atoms with van der Waals surface area (Å²) >= 11 is 0. The molecule has 0 saturated carbocycles. The van der Waals surface area contributed by atoms with E-state index in [-0.39, 0.29) is 11.8 Å². The van der Waals surface area contributed by atoms with E-state index in [4.69, 9.17) is 0 Å². The van der Waals surface area contributed by atoms with Crippen LogP contribution in [-0.4, -0.2) is 20.7 Å². The molecule has 1 N–H and O–H groups in total. The maximum atomic E-state index is 12.3. The zero-order valence-electron chi connectivity index (χ0n) is 11.1. The molecule has 1 aromatic carbocycles. The minimum atomic E-state index is 0.0591. The lowest BCUT2D eigenvalue weighted by Crippen LogP contribution is -2.24. The maximum Gasteiger partial charge on any atom is 0.227 e. The van der Waals surface area contributed by atoms with Crippen molar-refractivity contribution in [2.45, 2.75) is 19.3 Å². The third-order valence-corrected chi connectivity index (χ3v) is 3.47. The zero-order chi connectivity index (χ0) is 13.8. The zero-order valence-corrected chi connectivity index (χ0v) is 11.1. The van der Waals surface area contributed by atoms with Crippen molar-refractivity contribution in [1.82, 2.24) is 14.8 Å². The van der Waals surface area contributed by atoms with Gasteiger partial charge in [0, 0.05) is 5.92 Å². The molecule has 0 saturated heterocycles. The van der Waals surface area contributed by atoms with E-state index in [0.717, 1.165) is 30.6 Å². The second-order valence-electron chi connectivity index (χ2n) is 4.83. The summed E-state index contributed by atoms with van der Waals surface area (Å²) in [6, 6.07) is 7.60. The molecule has 0 unspecified atom stereocenters. The Kier molecular flexibility index (Phi) is 3.58. The predicted molar refractivity (Wildman–Crippen MR) is 76.5 cm³/mol. The highest BCUT2D eigenvalue weighted by molar-refractivity contribution is 5.94. The van der Waals surface area contributed by atoms with Gasteiger partial charge in [-0.1, -0.05) is 24.3 Å². The average molecular weight is 268 g/mol. The number of rotatable bonds is 3. The fourth-order valence-electron chi connectivity index (χ4n) is 2.38. The van der Waals surface area contributed by atoms with Crippen molar-refractivity contribution < 1.29 is 4.79 Å². The largest absolute Gasteiger partial charge is 0.324 e. The Labute approximate surface area is 117 Å². The molecular formula is C15H16N4O. The topological polar surface area (TPSA) is 59.8 Å². The van der Waals surface area contributed by atoms with Gasteiger partial charge in [0.25, 0.3) is 0 Å². The lowest BCUT2D eigenvalue weighted by molar-refractivity contribution is -0.120. The fourth-order valence-corrected chi connectivity index (χ4v) is 2.38. The lowest BCUT2D eigenvalue weighted by Gasteiger charge is -2.18. The number of hydrogen-bond acceptors (Lipinski definition) is 3. The van der Waals surface area contributed by atoms with Gasteiger partial charge < -0.3 is 5.32 Å². The molecule has 0 bridgehead atoms. The van der Waals surface area contributed by atoms with Gasteiger partial charge in [-0.05, 0) is 31.4 Å². The summed E-state index contributed by atoms with van der Waals surface area (Å²) in [4.78, 5) is 16.2. The second kappa shape index (κ2) is 5.69. The molecule has 0 aliphatic heterocycles. The van der Waals surface area contributed by atoms with Crippen molar-refractivity contribution in [2.75, 3.05) is 5.32 Å². The number of benzene rings is 1. The van der Waals surface area contributed by atoms with Crippen LogP contribution in [0.25, 0.3) is 5.69 Å². The first-order valence-electron chi connectivity index (χ1n) is 6.74. The number of hydrogen-bond donors (Lipinski definition) is 1. The quantitative estimate of drug-likeness (QED) is 0.870. The van der Waals surface area contributed by atoms with Crippen LogP contribution in [0.5, 0.6) is 0 Å². The minimum absolute atomic E-state index is 0.0591. The molecule has 1 aliphatic carbocycles. The molecule has 0 fully saturated rings. The van der Waals surface area contributed by atoms with Crippen LogP contribution < -0.4 is 5.32 Å². The number of nitrogens with zero attached hydrogens (tertiary/aromatic N) is 3. The molecule has 0 spiro atoms. The minimum Gasteiger partial charge on any atom is -0.324 e. The molecule has 5 nitrogen and oxygen atoms in total. The van der Waals surface area contributed by atoms with E-state index >= 15 is 0 Å². The number of aromatic nitrogens is 3. The molecule has 1 amide bonds. The van der Waals surface area contributed by atoms with Crippen LogP contribution >= 0.6 is 0 Å². The van der Waals surface area contributed by atoms with Crippen molar-refractivity contribution in [2.24, 2.45) is 5.92 Å². The molecule has 1 atom stereocenters. The third-order valence-electron chi connectivity index (χ3n) is 3.47. The molecule has 1 heterocycles. The van der Waals surface area contributed by atoms with Crippen LogP contribution in [0.15, 0.2) is 49.1 Å². The van der Waals surface area contributed by atoms with Crippen molar-refractivity contribution >= 4 is 11.6 Å². The van der Waals surface area contributed by atoms with E-state index in [9.17, 15) is 4.79 Å². The number of carbonyl (C=O) groups excluding carboxylic acids is 1. The van der Waals surface area contributed by atoms with E-state index in [2.05, 4.69) is 27.6 Å². The van der Waals surface area contributed by atoms with Gasteiger partial charge in [0.05, 0.1) is 11.4 Å². The fraction of sp³-hybridized carbons (Fsp3) is 0.267. The predicted octanol–water partition coefficient (Wildman–Crippen LogP) is 2.56. The monoisotopic (exact) mass is 268 g/mol. The molecule has 20 heavy (non-hydrogen) atoms. The van der Waals surface area contributed by atoms with Crippen LogP contribution in [-0.2, 0) is 4.79 Å². The van der Waals surface area contributed by atoms with Gasteiger partial charge in [0.1, 0.15) is 12.7 Å². The van der Waals surface area contributed by atoms with Crippen LogP contribution in [0.1, 0.15) is 19.3 Å². The Morgan fingerprint density at radius 1 is 1.30 bits per heavy atom. The van der Waals surface area contributed by atoms with Gasteiger partial charge in [-0.2, -0.15) is 5.10 Å². The summed E-state index contributed by atoms with van der Waals surface area (Å²) in [7, 11) is 0. The number of amides is 1. The van der Waals surface area contributed by atoms with Crippen LogP contribution in [0.2, 0.25) is 0 Å². The van der Waals surface area contributed by atoms with Crippen molar-refractivity contribution in [3.05, 3.63) is 49.1 Å². The number of carbonyl (C=O) groups is 1. The van der Waals surface area contributed by atoms with Crippen molar-refractivity contribution in [3.8, 4) is 5.69 Å². The standard InChI is InChI=1S/C15H16N4O/c20-15(12-6-2-1-3-7-12)18-13-8-4-5-9-14(13)19-11-16-10-17-19/h1-2,4-5,8-12H,3,6-7H2,(H,18,20)/t12-/m1/s1. The number of nitrogens with one attached hydrogen (secondary N) is 1. The highest BCUT2D eigenvalue weighted by Gasteiger charge is 2.19. The van der Waals surface area contributed by atoms with E-state index in [1.165, 1.54) is 6.33 Å². The molecule has 1 aliphatic rings. The van der Waals surface area contributed by atoms with E-state index in [0.29, 0.717) is 0 Å². The SMILES string of the molecule is O=C(Nc1ccccc1-n1cncn1)[C@@H]1CC=CCC1. The van der Waals surface area contributed by atoms with Crippen LogP contribution in [0, 0.1) is 5.92 Å². The first-order chi connectivity index (χ1) is 9.84. The Hall–Kier alpha value is -2.43. The average Bonchev–Trinajstić information content (AvgIpc) is 3.03. The summed E-state index contributed by atoms with van der Waals surface area (Å²) < 4.78 is 1.65. The van der Waals surface area contributed by atoms with Crippen LogP contribution in [0.3, 0.4) is 0 Å². The number of anilines is 1. The summed E-state index contributed by atoms with van der Waals surface area (Å²) in [6.07, 6.45) is 10.0. The summed E-state index contributed by atoms with van der Waals surface area (Å²) in [5.74, 6) is 0.130. The third kappa shape index (κ3) is 2.61. The molecule has 3 rings (SSSR count). The van der Waals surface area contributed by atoms with Crippen LogP contribution in [0.4, 0.5) is 5.69 Å². The number of allylic oxidation sites excluding steroid dienone is 2. The maximum absolute atomic E-state index is 12.3. The van der Waals surface area contributed by atoms with Gasteiger partial charge >= 0.3 is 0 Å². The summed E-state index contributed by atoms with van der Waals surface area (Å²) in [5, 5.41) is 7.12. The van der Waals surface area contributed by atoms with Gasteiger partial charge in [-0.15, -0.1) is 0 Å². The Balaban J connectivity index is 1.81. The summed E-state index contributed by atoms with van der Waals surface area (Å²) in [5.41, 5.74) is 1.59. The Bertz CT molecular complexity index is 619. The highest BCUT2D eigenvalue weighted by Crippen LogP contribution is 2.23. The van der Waals surface area contributed by atoms with Gasteiger partial charge in [0.2, 0.25) is 5.91 Å². The van der Waals surface area contributed by atoms with Crippen molar-refractivity contribution in [3.63, 3.8) is 0 Å². The molecular weight excluding hydrogens is 252 g/mol. The highest BCUT2D eigenvalue weighted by atomic mass is 16.1. The second-order valence-corrected chi connectivity index (χ2v) is 4.83. The van der Waals surface area contributed by atoms with Gasteiger partial charge in [-0.25, -0.2) is 9.67 Å². The summed E-state index contributed by atoms with van der Waals surface area (Å²) in [6.45, 7) is 0.